The zero-order chi connectivity index (χ0) is 16.6. The van der Waals surface area contributed by atoms with Crippen LogP contribution < -0.4 is 0 Å². The second kappa shape index (κ2) is 6.70. The van der Waals surface area contributed by atoms with Gasteiger partial charge in [0.25, 0.3) is 5.91 Å². The van der Waals surface area contributed by atoms with E-state index in [4.69, 9.17) is 11.6 Å². The molecule has 2 heterocycles. The number of nitrogens with zero attached hydrogens (tertiary/aromatic N) is 2. The Kier molecular flexibility index (Phi) is 5.01. The van der Waals surface area contributed by atoms with Crippen molar-refractivity contribution >= 4 is 43.3 Å². The minimum absolute atomic E-state index is 0.0683. The van der Waals surface area contributed by atoms with Crippen LogP contribution in [0.25, 0.3) is 0 Å². The summed E-state index contributed by atoms with van der Waals surface area (Å²) in [5, 5.41) is 0.439. The first-order valence-corrected chi connectivity index (χ1v) is 10.5. The molecule has 0 aliphatic carbocycles. The van der Waals surface area contributed by atoms with E-state index in [1.807, 2.05) is 0 Å². The number of hydrogen-bond donors (Lipinski definition) is 0. The van der Waals surface area contributed by atoms with Gasteiger partial charge in [-0.3, -0.25) is 9.69 Å². The first-order chi connectivity index (χ1) is 10.9. The van der Waals surface area contributed by atoms with Gasteiger partial charge in [0.1, 0.15) is 0 Å². The van der Waals surface area contributed by atoms with Crippen molar-refractivity contribution in [1.29, 1.82) is 0 Å². The van der Waals surface area contributed by atoms with Crippen LogP contribution in [0.4, 0.5) is 0 Å². The molecule has 2 aliphatic rings. The average Bonchev–Trinajstić information content (AvgIpc) is 2.87. The van der Waals surface area contributed by atoms with Gasteiger partial charge in [0, 0.05) is 36.7 Å². The highest BCUT2D eigenvalue weighted by atomic mass is 79.9. The lowest BCUT2D eigenvalue weighted by Crippen LogP contribution is -2.52. The van der Waals surface area contributed by atoms with Gasteiger partial charge in [-0.15, -0.1) is 0 Å². The van der Waals surface area contributed by atoms with Gasteiger partial charge in [0.2, 0.25) is 0 Å². The van der Waals surface area contributed by atoms with Gasteiger partial charge in [-0.05, 0) is 24.6 Å². The lowest BCUT2D eigenvalue weighted by molar-refractivity contribution is 0.0588. The standard InChI is InChI=1S/C15H18BrClN2O3S/c16-11-1-2-13(14(17)9-11)15(20)19-6-4-18(5-7-19)12-3-8-23(21,22)10-12/h1-2,9,12H,3-8,10H2. The van der Waals surface area contributed by atoms with Crippen LogP contribution in [0.2, 0.25) is 5.02 Å². The fourth-order valence-electron chi connectivity index (χ4n) is 3.19. The minimum atomic E-state index is -2.87. The molecule has 2 fully saturated rings. The molecule has 1 aromatic rings. The van der Waals surface area contributed by atoms with Gasteiger partial charge in [0.05, 0.1) is 22.1 Å². The van der Waals surface area contributed by atoms with Crippen molar-refractivity contribution in [2.24, 2.45) is 0 Å². The summed E-state index contributed by atoms with van der Waals surface area (Å²) >= 11 is 9.48. The second-order valence-corrected chi connectivity index (χ2v) is 9.56. The van der Waals surface area contributed by atoms with E-state index < -0.39 is 9.84 Å². The third-order valence-electron chi connectivity index (χ3n) is 4.49. The molecular weight excluding hydrogens is 404 g/mol. The molecule has 1 aromatic carbocycles. The lowest BCUT2D eigenvalue weighted by Gasteiger charge is -2.37. The normalized spacial score (nSPS) is 24.8. The Labute approximate surface area is 149 Å². The van der Waals surface area contributed by atoms with Crippen molar-refractivity contribution in [2.75, 3.05) is 37.7 Å². The van der Waals surface area contributed by atoms with E-state index in [9.17, 15) is 13.2 Å². The highest BCUT2D eigenvalue weighted by Crippen LogP contribution is 2.24. The topological polar surface area (TPSA) is 57.7 Å². The molecule has 23 heavy (non-hydrogen) atoms. The summed E-state index contributed by atoms with van der Waals surface area (Å²) in [6, 6.07) is 5.35. The molecule has 1 amide bonds. The summed E-state index contributed by atoms with van der Waals surface area (Å²) < 4.78 is 24.0. The van der Waals surface area contributed by atoms with E-state index >= 15 is 0 Å². The van der Waals surface area contributed by atoms with Gasteiger partial charge < -0.3 is 4.90 Å². The third kappa shape index (κ3) is 3.90. The van der Waals surface area contributed by atoms with E-state index in [1.54, 1.807) is 23.1 Å². The number of rotatable bonds is 2. The number of piperazine rings is 1. The number of hydrogen-bond acceptors (Lipinski definition) is 4. The third-order valence-corrected chi connectivity index (χ3v) is 7.04. The Morgan fingerprint density at radius 2 is 1.91 bits per heavy atom. The van der Waals surface area contributed by atoms with Crippen LogP contribution in [-0.4, -0.2) is 67.9 Å². The van der Waals surface area contributed by atoms with Gasteiger partial charge in [-0.25, -0.2) is 8.42 Å². The number of amides is 1. The summed E-state index contributed by atoms with van der Waals surface area (Å²) in [5.41, 5.74) is 0.506. The van der Waals surface area contributed by atoms with Gasteiger partial charge in [-0.2, -0.15) is 0 Å². The zero-order valence-corrected chi connectivity index (χ0v) is 15.7. The van der Waals surface area contributed by atoms with E-state index in [0.717, 1.165) is 4.47 Å². The number of carbonyl (C=O) groups is 1. The Balaban J connectivity index is 1.61. The largest absolute Gasteiger partial charge is 0.336 e. The monoisotopic (exact) mass is 420 g/mol. The summed E-state index contributed by atoms with van der Waals surface area (Å²) in [6.45, 7) is 2.61. The Bertz CT molecular complexity index is 717. The van der Waals surface area contributed by atoms with E-state index in [1.165, 1.54) is 0 Å². The van der Waals surface area contributed by atoms with E-state index in [-0.39, 0.29) is 23.5 Å². The summed E-state index contributed by atoms with van der Waals surface area (Å²) in [4.78, 5) is 16.6. The summed E-state index contributed by atoms with van der Waals surface area (Å²) in [7, 11) is -2.87. The molecule has 126 valence electrons. The van der Waals surface area contributed by atoms with Gasteiger partial charge >= 0.3 is 0 Å². The van der Waals surface area contributed by atoms with Crippen molar-refractivity contribution in [3.8, 4) is 0 Å². The Morgan fingerprint density at radius 3 is 2.48 bits per heavy atom. The number of benzene rings is 1. The predicted molar refractivity (Wildman–Crippen MR) is 93.7 cm³/mol. The Hall–Kier alpha value is -0.630. The molecule has 0 bridgehead atoms. The van der Waals surface area contributed by atoms with Gasteiger partial charge in [0.15, 0.2) is 9.84 Å². The first kappa shape index (κ1) is 17.2. The van der Waals surface area contributed by atoms with Crippen LogP contribution in [0.5, 0.6) is 0 Å². The molecule has 5 nitrogen and oxygen atoms in total. The number of halogens is 2. The van der Waals surface area contributed by atoms with E-state index in [0.29, 0.717) is 43.2 Å². The summed E-state index contributed by atoms with van der Waals surface area (Å²) in [6.07, 6.45) is 0.703. The maximum Gasteiger partial charge on any atom is 0.255 e. The van der Waals surface area contributed by atoms with Crippen molar-refractivity contribution in [2.45, 2.75) is 12.5 Å². The summed E-state index contributed by atoms with van der Waals surface area (Å²) in [5.74, 6) is 0.464. The molecule has 2 saturated heterocycles. The lowest BCUT2D eigenvalue weighted by atomic mass is 10.1. The SMILES string of the molecule is O=C(c1ccc(Br)cc1Cl)N1CCN(C2CCS(=O)(=O)C2)CC1. The van der Waals surface area contributed by atoms with Crippen molar-refractivity contribution in [1.82, 2.24) is 9.80 Å². The van der Waals surface area contributed by atoms with Gasteiger partial charge in [-0.1, -0.05) is 27.5 Å². The molecule has 0 aromatic heterocycles. The molecule has 3 rings (SSSR count). The average molecular weight is 422 g/mol. The van der Waals surface area contributed by atoms with Crippen molar-refractivity contribution in [3.05, 3.63) is 33.3 Å². The second-order valence-electron chi connectivity index (χ2n) is 6.01. The molecule has 0 spiro atoms. The molecule has 2 aliphatic heterocycles. The Morgan fingerprint density at radius 1 is 1.22 bits per heavy atom. The predicted octanol–water partition coefficient (Wildman–Crippen LogP) is 2.05. The maximum absolute atomic E-state index is 12.6. The van der Waals surface area contributed by atoms with Crippen LogP contribution in [0.3, 0.4) is 0 Å². The van der Waals surface area contributed by atoms with Crippen LogP contribution >= 0.6 is 27.5 Å². The van der Waals surface area contributed by atoms with Crippen molar-refractivity contribution < 1.29 is 13.2 Å². The molecule has 1 atom stereocenters. The number of carbonyl (C=O) groups excluding carboxylic acids is 1. The zero-order valence-electron chi connectivity index (χ0n) is 12.5. The molecule has 0 radical (unpaired) electrons. The van der Waals surface area contributed by atoms with Crippen LogP contribution in [-0.2, 0) is 9.84 Å². The minimum Gasteiger partial charge on any atom is -0.336 e. The molecule has 1 unspecified atom stereocenters. The molecule has 0 N–H and O–H groups in total. The molecular formula is C15H18BrClN2O3S. The fraction of sp³-hybridized carbons (Fsp3) is 0.533. The molecule has 0 saturated carbocycles. The number of sulfone groups is 1. The maximum atomic E-state index is 12.6. The fourth-order valence-corrected chi connectivity index (χ4v) is 5.70. The quantitative estimate of drug-likeness (QED) is 0.733. The highest BCUT2D eigenvalue weighted by Gasteiger charge is 2.34. The van der Waals surface area contributed by atoms with Crippen LogP contribution in [0.1, 0.15) is 16.8 Å². The van der Waals surface area contributed by atoms with Crippen LogP contribution in [0.15, 0.2) is 22.7 Å². The smallest absolute Gasteiger partial charge is 0.255 e. The molecule has 8 heteroatoms. The van der Waals surface area contributed by atoms with E-state index in [2.05, 4.69) is 20.8 Å². The van der Waals surface area contributed by atoms with Crippen molar-refractivity contribution in [3.63, 3.8) is 0 Å². The first-order valence-electron chi connectivity index (χ1n) is 7.54. The van der Waals surface area contributed by atoms with Crippen LogP contribution in [0, 0.1) is 0 Å². The highest BCUT2D eigenvalue weighted by molar-refractivity contribution is 9.10.